The Morgan fingerprint density at radius 1 is 0.778 bits per heavy atom. The Bertz CT molecular complexity index is 2620. The van der Waals surface area contributed by atoms with Crippen molar-refractivity contribution in [2.75, 3.05) is 20.8 Å². The quantitative estimate of drug-likeness (QED) is 0.109. The summed E-state index contributed by atoms with van der Waals surface area (Å²) in [6.07, 6.45) is 4.39. The molecule has 16 heteroatoms. The molecule has 0 radical (unpaired) electrons. The molecule has 2 saturated heterocycles. The number of carbonyl (C=O) groups excluding carboxylic acids is 4. The first kappa shape index (κ1) is 42.0. The smallest absolute Gasteiger partial charge is 0.407 e. The third kappa shape index (κ3) is 7.26. The molecule has 2 aromatic heterocycles. The normalized spacial score (nSPS) is 21.7. The van der Waals surface area contributed by atoms with Crippen LogP contribution in [0.4, 0.5) is 18.4 Å². The van der Waals surface area contributed by atoms with E-state index in [4.69, 9.17) is 14.5 Å². The van der Waals surface area contributed by atoms with E-state index in [-0.39, 0.29) is 58.8 Å². The van der Waals surface area contributed by atoms with Crippen LogP contribution >= 0.6 is 0 Å². The molecule has 9 rings (SSSR count). The Morgan fingerprint density at radius 3 is 2.06 bits per heavy atom. The first-order valence-electron chi connectivity index (χ1n) is 21.7. The van der Waals surface area contributed by atoms with Crippen molar-refractivity contribution in [1.29, 1.82) is 0 Å². The molecular formula is C47H52F2N8O6. The van der Waals surface area contributed by atoms with Crippen LogP contribution in [-0.2, 0) is 25.0 Å². The van der Waals surface area contributed by atoms with Gasteiger partial charge in [-0.2, -0.15) is 8.78 Å². The number of H-pyrrole nitrogens is 2. The fourth-order valence-corrected chi connectivity index (χ4v) is 10.3. The van der Waals surface area contributed by atoms with Crippen molar-refractivity contribution in [3.63, 3.8) is 0 Å². The first-order valence-corrected chi connectivity index (χ1v) is 21.7. The highest BCUT2D eigenvalue weighted by atomic mass is 19.3. The van der Waals surface area contributed by atoms with Crippen molar-refractivity contribution in [2.45, 2.75) is 95.9 Å². The number of aromatic nitrogens is 4. The Hall–Kier alpha value is -6.32. The second-order valence-electron chi connectivity index (χ2n) is 18.0. The number of carbonyl (C=O) groups is 4. The van der Waals surface area contributed by atoms with Gasteiger partial charge < -0.3 is 39.9 Å². The van der Waals surface area contributed by atoms with Crippen molar-refractivity contribution in [1.82, 2.24) is 40.4 Å². The van der Waals surface area contributed by atoms with Crippen LogP contribution in [0.2, 0.25) is 0 Å². The second-order valence-corrected chi connectivity index (χ2v) is 18.0. The molecule has 2 bridgehead atoms. The minimum absolute atomic E-state index is 0.0456. The number of hydrogen-bond donors (Lipinski definition) is 4. The summed E-state index contributed by atoms with van der Waals surface area (Å²) in [5.74, 6) is -2.59. The van der Waals surface area contributed by atoms with Crippen molar-refractivity contribution in [2.24, 2.45) is 17.8 Å². The third-order valence-corrected chi connectivity index (χ3v) is 13.5. The van der Waals surface area contributed by atoms with E-state index in [9.17, 15) is 19.2 Å². The summed E-state index contributed by atoms with van der Waals surface area (Å²) in [5, 5.41) is 5.38. The Labute approximate surface area is 363 Å². The van der Waals surface area contributed by atoms with E-state index in [1.54, 1.807) is 35.4 Å². The number of amides is 4. The van der Waals surface area contributed by atoms with Crippen LogP contribution in [0.15, 0.2) is 60.8 Å². The van der Waals surface area contributed by atoms with Crippen LogP contribution < -0.4 is 10.6 Å². The molecule has 1 saturated carbocycles. The molecule has 3 aromatic carbocycles. The van der Waals surface area contributed by atoms with Gasteiger partial charge >= 0.3 is 12.2 Å². The largest absolute Gasteiger partial charge is 0.453 e. The van der Waals surface area contributed by atoms with E-state index in [2.05, 4.69) is 25.6 Å². The lowest BCUT2D eigenvalue weighted by Gasteiger charge is -2.37. The lowest BCUT2D eigenvalue weighted by molar-refractivity contribution is -0.139. The van der Waals surface area contributed by atoms with Crippen LogP contribution in [0.3, 0.4) is 0 Å². The Morgan fingerprint density at radius 2 is 1.40 bits per heavy atom. The minimum Gasteiger partial charge on any atom is -0.453 e. The number of benzene rings is 3. The second kappa shape index (κ2) is 16.1. The van der Waals surface area contributed by atoms with Crippen molar-refractivity contribution in [3.8, 4) is 33.5 Å². The van der Waals surface area contributed by atoms with Gasteiger partial charge in [0.25, 0.3) is 5.92 Å². The zero-order valence-corrected chi connectivity index (χ0v) is 36.1. The van der Waals surface area contributed by atoms with E-state index < -0.39 is 30.2 Å². The zero-order chi connectivity index (χ0) is 44.5. The number of aromatic amines is 2. The first-order chi connectivity index (χ1) is 30.2. The molecule has 4 heterocycles. The highest BCUT2D eigenvalue weighted by Crippen LogP contribution is 2.53. The molecule has 4 aliphatic rings. The average molecular weight is 863 g/mol. The number of halogens is 2. The fourth-order valence-electron chi connectivity index (χ4n) is 10.3. The number of methoxy groups -OCH3 is 2. The molecule has 4 amide bonds. The minimum atomic E-state index is -3.29. The average Bonchev–Trinajstić information content (AvgIpc) is 4.15. The van der Waals surface area contributed by atoms with Gasteiger partial charge in [0.15, 0.2) is 0 Å². The van der Waals surface area contributed by atoms with Crippen LogP contribution in [0.1, 0.15) is 94.7 Å². The number of alkyl carbamates (subject to hydrolysis) is 2. The number of piperidine rings is 1. The Kier molecular flexibility index (Phi) is 10.7. The van der Waals surface area contributed by atoms with Crippen molar-refractivity contribution in [3.05, 3.63) is 83.6 Å². The molecule has 3 fully saturated rings. The van der Waals surface area contributed by atoms with E-state index in [0.29, 0.717) is 58.1 Å². The SMILES string of the molecule is COC(=O)N[C@H](C(=O)N1CCCC1c1ncc(-c2ccc3c(c2)C(F)(F)c2cc(-c4ccc5nc(C6[C@H]7CC[C@H](C7)N6C(=O)[C@@H](NC(=O)OC)C(C)C)[nH]c5c4)ccc2-3)[nH]1)C(C)C. The maximum atomic E-state index is 16.6. The van der Waals surface area contributed by atoms with Crippen LogP contribution in [0.25, 0.3) is 44.5 Å². The Balaban J connectivity index is 0.952. The summed E-state index contributed by atoms with van der Waals surface area (Å²) in [5.41, 5.74) is 4.62. The van der Waals surface area contributed by atoms with E-state index in [1.165, 1.54) is 20.3 Å². The summed E-state index contributed by atoms with van der Waals surface area (Å²) in [6.45, 7) is 7.98. The highest BCUT2D eigenvalue weighted by molar-refractivity contribution is 5.89. The van der Waals surface area contributed by atoms with E-state index in [0.717, 1.165) is 36.8 Å². The molecule has 2 unspecified atom stereocenters. The molecule has 4 N–H and O–H groups in total. The predicted molar refractivity (Wildman–Crippen MR) is 230 cm³/mol. The number of nitrogens with one attached hydrogen (secondary N) is 4. The number of likely N-dealkylation sites (tertiary alicyclic amines) is 2. The lowest BCUT2D eigenvalue weighted by atomic mass is 9.95. The van der Waals surface area contributed by atoms with Gasteiger partial charge in [-0.05, 0) is 96.4 Å². The van der Waals surface area contributed by atoms with Gasteiger partial charge in [0, 0.05) is 29.3 Å². The van der Waals surface area contributed by atoms with Crippen LogP contribution in [-0.4, -0.2) is 92.6 Å². The topological polar surface area (TPSA) is 175 Å². The maximum absolute atomic E-state index is 16.6. The molecule has 2 aliphatic heterocycles. The van der Waals surface area contributed by atoms with Gasteiger partial charge in [0.1, 0.15) is 23.7 Å². The highest BCUT2D eigenvalue weighted by Gasteiger charge is 2.52. The van der Waals surface area contributed by atoms with Gasteiger partial charge in [0.2, 0.25) is 11.8 Å². The fraction of sp³-hybridized carbons (Fsp3) is 0.447. The molecule has 330 valence electrons. The number of ether oxygens (including phenoxy) is 2. The molecule has 0 spiro atoms. The monoisotopic (exact) mass is 862 g/mol. The molecule has 6 atom stereocenters. The van der Waals surface area contributed by atoms with Gasteiger partial charge in [-0.15, -0.1) is 0 Å². The number of fused-ring (bicyclic) bond motifs is 6. The zero-order valence-electron chi connectivity index (χ0n) is 36.1. The van der Waals surface area contributed by atoms with Gasteiger partial charge in [-0.25, -0.2) is 19.6 Å². The van der Waals surface area contributed by atoms with Gasteiger partial charge in [-0.3, -0.25) is 9.59 Å². The van der Waals surface area contributed by atoms with Crippen LogP contribution in [0, 0.1) is 17.8 Å². The summed E-state index contributed by atoms with van der Waals surface area (Å²) < 4.78 is 42.7. The predicted octanol–water partition coefficient (Wildman–Crippen LogP) is 8.22. The maximum Gasteiger partial charge on any atom is 0.407 e. The van der Waals surface area contributed by atoms with E-state index >= 15 is 8.78 Å². The summed E-state index contributed by atoms with van der Waals surface area (Å²) in [6, 6.07) is 13.7. The van der Waals surface area contributed by atoms with Crippen LogP contribution in [0.5, 0.6) is 0 Å². The summed E-state index contributed by atoms with van der Waals surface area (Å²) in [4.78, 5) is 71.8. The molecule has 2 aliphatic carbocycles. The number of alkyl halides is 2. The standard InChI is InChI=1S/C47H52F2N8O6/c1-23(2)38(54-45(60)62-5)43(58)56-17-7-8-37(56)41-50-22-36(53-41)27-11-15-31-30-14-10-25(19-32(30)47(48,49)33(31)20-27)26-12-16-34-35(21-26)52-42(51-34)40-28-9-13-29(18-28)57(40)44(59)39(24(3)4)55-46(61)63-6/h10-12,14-16,19-24,28-29,37-40H,7-9,13,17-18H2,1-6H3,(H,50,53)(H,51,52)(H,54,60)(H,55,61)/t28-,29+,37?,38-,39-,40?/m0/s1. The van der Waals surface area contributed by atoms with Crippen molar-refractivity contribution < 1.29 is 37.4 Å². The van der Waals surface area contributed by atoms with Gasteiger partial charge in [-0.1, -0.05) is 58.0 Å². The van der Waals surface area contributed by atoms with Crippen molar-refractivity contribution >= 4 is 35.0 Å². The lowest BCUT2D eigenvalue weighted by Crippen LogP contribution is -2.54. The third-order valence-electron chi connectivity index (χ3n) is 13.5. The van der Waals surface area contributed by atoms with Gasteiger partial charge in [0.05, 0.1) is 49.2 Å². The summed E-state index contributed by atoms with van der Waals surface area (Å²) >= 11 is 0. The number of hydrogen-bond acceptors (Lipinski definition) is 8. The molecular weight excluding hydrogens is 811 g/mol. The number of nitrogens with zero attached hydrogens (tertiary/aromatic N) is 4. The number of imidazole rings is 2. The molecule has 14 nitrogen and oxygen atoms in total. The molecule has 5 aromatic rings. The number of rotatable bonds is 10. The molecule has 63 heavy (non-hydrogen) atoms. The van der Waals surface area contributed by atoms with E-state index in [1.807, 2.05) is 56.9 Å². The summed E-state index contributed by atoms with van der Waals surface area (Å²) in [7, 11) is 2.53.